The lowest BCUT2D eigenvalue weighted by molar-refractivity contribution is -0.141. The molecule has 1 aliphatic rings. The van der Waals surface area contributed by atoms with Gasteiger partial charge in [0.05, 0.1) is 23.7 Å². The number of nitrogens with zero attached hydrogens (tertiary/aromatic N) is 3. The number of carbonyl (C=O) groups excluding carboxylic acids is 1. The number of hydrazone groups is 1. The molecule has 152 valence electrons. The summed E-state index contributed by atoms with van der Waals surface area (Å²) in [5.74, 6) is -1.37. The number of aromatic nitrogens is 1. The van der Waals surface area contributed by atoms with E-state index in [0.717, 1.165) is 27.7 Å². The summed E-state index contributed by atoms with van der Waals surface area (Å²) in [4.78, 5) is 28.3. The van der Waals surface area contributed by atoms with Gasteiger partial charge in [0.1, 0.15) is 5.15 Å². The van der Waals surface area contributed by atoms with E-state index in [9.17, 15) is 9.59 Å². The predicted molar refractivity (Wildman–Crippen MR) is 116 cm³/mol. The normalized spacial score (nSPS) is 16.0. The van der Waals surface area contributed by atoms with Crippen LogP contribution in [0.5, 0.6) is 0 Å². The summed E-state index contributed by atoms with van der Waals surface area (Å²) in [6.07, 6.45) is 0.0951. The van der Waals surface area contributed by atoms with Gasteiger partial charge in [-0.2, -0.15) is 5.10 Å². The fraction of sp³-hybridized carbons (Fsp3) is 0.217. The lowest BCUT2D eigenvalue weighted by Gasteiger charge is -2.22. The molecule has 2 aromatic carbocycles. The van der Waals surface area contributed by atoms with Crippen LogP contribution in [0.25, 0.3) is 10.9 Å². The lowest BCUT2D eigenvalue weighted by atomic mass is 9.98. The second-order valence-electron chi connectivity index (χ2n) is 7.33. The van der Waals surface area contributed by atoms with Crippen LogP contribution in [-0.2, 0) is 9.59 Å². The zero-order valence-electron chi connectivity index (χ0n) is 16.4. The predicted octanol–water partition coefficient (Wildman–Crippen LogP) is 4.74. The number of hydrogen-bond donors (Lipinski definition) is 1. The van der Waals surface area contributed by atoms with E-state index < -0.39 is 12.0 Å². The number of hydrogen-bond acceptors (Lipinski definition) is 4. The van der Waals surface area contributed by atoms with Gasteiger partial charge in [0.15, 0.2) is 0 Å². The molecule has 0 saturated heterocycles. The minimum Gasteiger partial charge on any atom is -0.481 e. The lowest BCUT2D eigenvalue weighted by Crippen LogP contribution is -2.27. The number of benzene rings is 2. The molecule has 2 heterocycles. The Morgan fingerprint density at radius 1 is 1.13 bits per heavy atom. The highest BCUT2D eigenvalue weighted by Crippen LogP contribution is 2.37. The number of carboxylic acids is 1. The molecule has 0 bridgehead atoms. The average molecular weight is 422 g/mol. The maximum absolute atomic E-state index is 12.8. The van der Waals surface area contributed by atoms with E-state index in [-0.39, 0.29) is 18.7 Å². The first-order valence-corrected chi connectivity index (χ1v) is 10.0. The molecule has 1 amide bonds. The minimum atomic E-state index is -1.02. The number of carbonyl (C=O) groups is 2. The van der Waals surface area contributed by atoms with Gasteiger partial charge >= 0.3 is 5.97 Å². The van der Waals surface area contributed by atoms with Gasteiger partial charge in [0, 0.05) is 23.8 Å². The molecule has 0 spiro atoms. The van der Waals surface area contributed by atoms with Crippen molar-refractivity contribution in [1.29, 1.82) is 0 Å². The molecule has 0 aliphatic carbocycles. The second-order valence-corrected chi connectivity index (χ2v) is 7.68. The topological polar surface area (TPSA) is 82.9 Å². The van der Waals surface area contributed by atoms with Crippen LogP contribution in [0.2, 0.25) is 5.15 Å². The zero-order valence-corrected chi connectivity index (χ0v) is 17.1. The first-order chi connectivity index (χ1) is 14.4. The van der Waals surface area contributed by atoms with Gasteiger partial charge in [-0.3, -0.25) is 9.59 Å². The van der Waals surface area contributed by atoms with Crippen molar-refractivity contribution in [3.8, 4) is 0 Å². The molecule has 1 aliphatic heterocycles. The quantitative estimate of drug-likeness (QED) is 0.603. The Balaban J connectivity index is 1.73. The number of pyridine rings is 1. The molecular formula is C23H20ClN3O3. The molecule has 6 nitrogen and oxygen atoms in total. The van der Waals surface area contributed by atoms with Crippen molar-refractivity contribution in [1.82, 2.24) is 9.99 Å². The number of fused-ring (bicyclic) bond motifs is 1. The van der Waals surface area contributed by atoms with E-state index in [1.807, 2.05) is 61.5 Å². The summed E-state index contributed by atoms with van der Waals surface area (Å²) in [5.41, 5.74) is 4.28. The Morgan fingerprint density at radius 3 is 2.60 bits per heavy atom. The van der Waals surface area contributed by atoms with Crippen molar-refractivity contribution in [3.05, 3.63) is 76.4 Å². The first-order valence-electron chi connectivity index (χ1n) is 9.66. The minimum absolute atomic E-state index is 0.130. The molecule has 0 fully saturated rings. The third kappa shape index (κ3) is 4.04. The molecule has 0 saturated carbocycles. The molecular weight excluding hydrogens is 402 g/mol. The van der Waals surface area contributed by atoms with Crippen molar-refractivity contribution in [2.75, 3.05) is 0 Å². The fourth-order valence-electron chi connectivity index (χ4n) is 3.57. The van der Waals surface area contributed by atoms with Crippen LogP contribution in [0, 0.1) is 6.92 Å². The van der Waals surface area contributed by atoms with Crippen LogP contribution in [0.4, 0.5) is 0 Å². The molecule has 7 heteroatoms. The molecule has 1 aromatic heterocycles. The number of rotatable bonds is 5. The average Bonchev–Trinajstić information content (AvgIpc) is 3.17. The summed E-state index contributed by atoms with van der Waals surface area (Å²) in [6, 6.07) is 17.0. The maximum atomic E-state index is 12.8. The van der Waals surface area contributed by atoms with E-state index >= 15 is 0 Å². The first kappa shape index (κ1) is 20.0. The van der Waals surface area contributed by atoms with Crippen molar-refractivity contribution >= 4 is 40.1 Å². The van der Waals surface area contributed by atoms with Gasteiger partial charge in [-0.1, -0.05) is 59.6 Å². The molecule has 1 atom stereocenters. The number of para-hydroxylation sites is 1. The highest BCUT2D eigenvalue weighted by molar-refractivity contribution is 6.30. The van der Waals surface area contributed by atoms with Crippen LogP contribution in [-0.4, -0.2) is 32.7 Å². The van der Waals surface area contributed by atoms with Crippen LogP contribution in [0.1, 0.15) is 42.0 Å². The largest absolute Gasteiger partial charge is 0.481 e. The monoisotopic (exact) mass is 421 g/mol. The number of aryl methyl sites for hydroxylation is 1. The SMILES string of the molecule is Cc1ccc(C2=NN(C(=O)CCC(=O)O)[C@H](c3cc4ccccc4nc3Cl)C2)cc1. The van der Waals surface area contributed by atoms with Crippen LogP contribution < -0.4 is 0 Å². The summed E-state index contributed by atoms with van der Waals surface area (Å²) >= 11 is 6.50. The van der Waals surface area contributed by atoms with E-state index in [4.69, 9.17) is 16.7 Å². The third-order valence-electron chi connectivity index (χ3n) is 5.17. The molecule has 0 radical (unpaired) electrons. The summed E-state index contributed by atoms with van der Waals surface area (Å²) in [7, 11) is 0. The molecule has 1 N–H and O–H groups in total. The Morgan fingerprint density at radius 2 is 1.87 bits per heavy atom. The van der Waals surface area contributed by atoms with Crippen molar-refractivity contribution in [2.45, 2.75) is 32.2 Å². The molecule has 0 unspecified atom stereocenters. The van der Waals surface area contributed by atoms with E-state index in [1.54, 1.807) is 0 Å². The van der Waals surface area contributed by atoms with Crippen molar-refractivity contribution < 1.29 is 14.7 Å². The Bertz CT molecular complexity index is 1160. The number of carboxylic acid groups (broad SMARTS) is 1. The summed E-state index contributed by atoms with van der Waals surface area (Å²) in [6.45, 7) is 2.01. The van der Waals surface area contributed by atoms with Crippen LogP contribution >= 0.6 is 11.6 Å². The number of halogens is 1. The Hall–Kier alpha value is -3.25. The van der Waals surface area contributed by atoms with Crippen molar-refractivity contribution in [3.63, 3.8) is 0 Å². The maximum Gasteiger partial charge on any atom is 0.303 e. The second kappa shape index (κ2) is 8.24. The summed E-state index contributed by atoms with van der Waals surface area (Å²) < 4.78 is 0. The van der Waals surface area contributed by atoms with E-state index in [0.29, 0.717) is 17.1 Å². The Kier molecular flexibility index (Phi) is 5.50. The summed E-state index contributed by atoms with van der Waals surface area (Å²) in [5, 5.41) is 16.1. The van der Waals surface area contributed by atoms with Crippen LogP contribution in [0.15, 0.2) is 59.7 Å². The van der Waals surface area contributed by atoms with Crippen LogP contribution in [0.3, 0.4) is 0 Å². The van der Waals surface area contributed by atoms with Gasteiger partial charge < -0.3 is 5.11 Å². The highest BCUT2D eigenvalue weighted by Gasteiger charge is 2.34. The zero-order chi connectivity index (χ0) is 21.3. The van der Waals surface area contributed by atoms with Gasteiger partial charge in [-0.15, -0.1) is 0 Å². The van der Waals surface area contributed by atoms with E-state index in [2.05, 4.69) is 10.1 Å². The standard InChI is InChI=1S/C23H20ClN3O3/c1-14-6-8-15(9-7-14)19-13-20(27(26-19)21(28)10-11-22(29)30)17-12-16-4-2-3-5-18(16)25-23(17)24/h2-9,12,20H,10-11,13H2,1H3,(H,29,30)/t20-/m0/s1. The van der Waals surface area contributed by atoms with Gasteiger partial charge in [0.25, 0.3) is 0 Å². The Labute approximate surface area is 178 Å². The van der Waals surface area contributed by atoms with Gasteiger partial charge in [0.2, 0.25) is 5.91 Å². The molecule has 3 aromatic rings. The smallest absolute Gasteiger partial charge is 0.303 e. The molecule has 30 heavy (non-hydrogen) atoms. The fourth-order valence-corrected chi connectivity index (χ4v) is 3.85. The molecule has 4 rings (SSSR count). The third-order valence-corrected chi connectivity index (χ3v) is 5.47. The van der Waals surface area contributed by atoms with Gasteiger partial charge in [-0.05, 0) is 24.6 Å². The van der Waals surface area contributed by atoms with Crippen molar-refractivity contribution in [2.24, 2.45) is 5.10 Å². The van der Waals surface area contributed by atoms with E-state index in [1.165, 1.54) is 5.01 Å². The number of aliphatic carboxylic acids is 1. The van der Waals surface area contributed by atoms with Gasteiger partial charge in [-0.25, -0.2) is 9.99 Å². The number of amides is 1. The highest BCUT2D eigenvalue weighted by atomic mass is 35.5.